The van der Waals surface area contributed by atoms with Crippen LogP contribution in [-0.4, -0.2) is 28.4 Å². The Balaban J connectivity index is 1.78. The van der Waals surface area contributed by atoms with E-state index < -0.39 is 5.54 Å². The molecule has 23 heavy (non-hydrogen) atoms. The number of carbonyl (C=O) groups excluding carboxylic acids is 2. The number of rotatable bonds is 2. The molecule has 0 aliphatic carbocycles. The number of benzene rings is 2. The van der Waals surface area contributed by atoms with Crippen LogP contribution in [0.4, 0.5) is 5.69 Å². The Morgan fingerprint density at radius 2 is 1.87 bits per heavy atom. The van der Waals surface area contributed by atoms with Crippen LogP contribution in [-0.2, 0) is 10.3 Å². The molecule has 0 bridgehead atoms. The number of anilines is 1. The van der Waals surface area contributed by atoms with Gasteiger partial charge in [0.15, 0.2) is 0 Å². The van der Waals surface area contributed by atoms with E-state index in [1.54, 1.807) is 29.2 Å². The molecule has 2 aromatic rings. The molecule has 0 unspecified atom stereocenters. The minimum absolute atomic E-state index is 0.0133. The van der Waals surface area contributed by atoms with Crippen molar-refractivity contribution in [1.29, 1.82) is 0 Å². The van der Waals surface area contributed by atoms with Crippen molar-refractivity contribution in [3.8, 4) is 5.75 Å². The Kier molecular flexibility index (Phi) is 2.91. The van der Waals surface area contributed by atoms with E-state index in [1.807, 2.05) is 18.2 Å². The molecule has 5 heteroatoms. The fourth-order valence-corrected chi connectivity index (χ4v) is 3.71. The summed E-state index contributed by atoms with van der Waals surface area (Å²) in [5.41, 5.74) is 0.751. The van der Waals surface area contributed by atoms with E-state index in [-0.39, 0.29) is 17.6 Å². The van der Waals surface area contributed by atoms with Crippen LogP contribution in [0.3, 0.4) is 0 Å². The molecule has 2 heterocycles. The molecular formula is C18H16N2O3. The van der Waals surface area contributed by atoms with Crippen LogP contribution < -0.4 is 5.32 Å². The Morgan fingerprint density at radius 1 is 1.13 bits per heavy atom. The maximum Gasteiger partial charge on any atom is 0.255 e. The number of fused-ring (bicyclic) bond motifs is 3. The number of nitrogens with zero attached hydrogens (tertiary/aromatic N) is 1. The molecule has 1 atom stereocenters. The molecule has 0 spiro atoms. The van der Waals surface area contributed by atoms with E-state index in [2.05, 4.69) is 5.32 Å². The van der Waals surface area contributed by atoms with Gasteiger partial charge in [-0.1, -0.05) is 30.3 Å². The first-order chi connectivity index (χ1) is 11.1. The molecular weight excluding hydrogens is 292 g/mol. The molecule has 4 rings (SSSR count). The van der Waals surface area contributed by atoms with Crippen molar-refractivity contribution >= 4 is 17.5 Å². The van der Waals surface area contributed by atoms with Crippen molar-refractivity contribution in [2.24, 2.45) is 0 Å². The minimum atomic E-state index is -0.962. The average Bonchev–Trinajstić information content (AvgIpc) is 3.10. The number of hydrogen-bond donors (Lipinski definition) is 2. The number of phenols is 1. The van der Waals surface area contributed by atoms with E-state index in [1.165, 1.54) is 6.07 Å². The van der Waals surface area contributed by atoms with Gasteiger partial charge in [-0.15, -0.1) is 0 Å². The quantitative estimate of drug-likeness (QED) is 0.837. The van der Waals surface area contributed by atoms with Crippen LogP contribution in [0.25, 0.3) is 0 Å². The SMILES string of the molecule is O=C1c2ccccc2[C@]2(C(=O)Nc3ccccc3O)CCCN12. The molecule has 1 fully saturated rings. The maximum atomic E-state index is 13.1. The van der Waals surface area contributed by atoms with Gasteiger partial charge in [0.05, 0.1) is 5.69 Å². The van der Waals surface area contributed by atoms with Crippen molar-refractivity contribution in [1.82, 2.24) is 4.90 Å². The van der Waals surface area contributed by atoms with Gasteiger partial charge < -0.3 is 15.3 Å². The summed E-state index contributed by atoms with van der Waals surface area (Å²) in [5, 5.41) is 12.7. The first kappa shape index (κ1) is 13.8. The zero-order valence-electron chi connectivity index (χ0n) is 12.5. The predicted molar refractivity (Wildman–Crippen MR) is 85.1 cm³/mol. The fourth-order valence-electron chi connectivity index (χ4n) is 3.71. The lowest BCUT2D eigenvalue weighted by Gasteiger charge is -2.31. The lowest BCUT2D eigenvalue weighted by Crippen LogP contribution is -2.48. The molecule has 2 aromatic carbocycles. The van der Waals surface area contributed by atoms with Crippen molar-refractivity contribution < 1.29 is 14.7 Å². The summed E-state index contributed by atoms with van der Waals surface area (Å²) < 4.78 is 0. The molecule has 116 valence electrons. The summed E-state index contributed by atoms with van der Waals surface area (Å²) >= 11 is 0. The number of phenolic OH excluding ortho intramolecular Hbond substituents is 1. The Hall–Kier alpha value is -2.82. The summed E-state index contributed by atoms with van der Waals surface area (Å²) in [6.45, 7) is 0.571. The van der Waals surface area contributed by atoms with Gasteiger partial charge in [0.1, 0.15) is 11.3 Å². The lowest BCUT2D eigenvalue weighted by atomic mass is 9.87. The molecule has 2 aliphatic heterocycles. The highest BCUT2D eigenvalue weighted by Gasteiger charge is 2.57. The van der Waals surface area contributed by atoms with Crippen molar-refractivity contribution in [3.63, 3.8) is 0 Å². The van der Waals surface area contributed by atoms with Crippen LogP contribution in [0.2, 0.25) is 0 Å². The summed E-state index contributed by atoms with van der Waals surface area (Å²) in [4.78, 5) is 27.3. The highest BCUT2D eigenvalue weighted by molar-refractivity contribution is 6.10. The van der Waals surface area contributed by atoms with E-state index in [0.717, 1.165) is 12.0 Å². The number of nitrogens with one attached hydrogen (secondary N) is 1. The fraction of sp³-hybridized carbons (Fsp3) is 0.222. The van der Waals surface area contributed by atoms with Gasteiger partial charge in [-0.2, -0.15) is 0 Å². The lowest BCUT2D eigenvalue weighted by molar-refractivity contribution is -0.125. The van der Waals surface area contributed by atoms with Gasteiger partial charge in [0, 0.05) is 12.1 Å². The third-order valence-corrected chi connectivity index (χ3v) is 4.76. The molecule has 0 aromatic heterocycles. The summed E-state index contributed by atoms with van der Waals surface area (Å²) in [5.74, 6) is -0.347. The number of hydrogen-bond acceptors (Lipinski definition) is 3. The largest absolute Gasteiger partial charge is 0.506 e. The molecule has 2 N–H and O–H groups in total. The zero-order valence-corrected chi connectivity index (χ0v) is 12.5. The van der Waals surface area contributed by atoms with Crippen molar-refractivity contribution in [3.05, 3.63) is 59.7 Å². The molecule has 2 amide bonds. The Morgan fingerprint density at radius 3 is 2.70 bits per heavy atom. The first-order valence-electron chi connectivity index (χ1n) is 7.65. The number of amides is 2. The van der Waals surface area contributed by atoms with Crippen LogP contribution in [0.15, 0.2) is 48.5 Å². The predicted octanol–water partition coefficient (Wildman–Crippen LogP) is 2.48. The third kappa shape index (κ3) is 1.79. The Labute approximate surface area is 133 Å². The van der Waals surface area contributed by atoms with Gasteiger partial charge in [0.25, 0.3) is 11.8 Å². The maximum absolute atomic E-state index is 13.1. The van der Waals surface area contributed by atoms with E-state index in [0.29, 0.717) is 24.2 Å². The van der Waals surface area contributed by atoms with Crippen molar-refractivity contribution in [2.45, 2.75) is 18.4 Å². The van der Waals surface area contributed by atoms with E-state index >= 15 is 0 Å². The van der Waals surface area contributed by atoms with Gasteiger partial charge in [-0.3, -0.25) is 9.59 Å². The summed E-state index contributed by atoms with van der Waals surface area (Å²) in [7, 11) is 0. The summed E-state index contributed by atoms with van der Waals surface area (Å²) in [6, 6.07) is 13.9. The average molecular weight is 308 g/mol. The smallest absolute Gasteiger partial charge is 0.255 e. The van der Waals surface area contributed by atoms with Crippen molar-refractivity contribution in [2.75, 3.05) is 11.9 Å². The normalized spacial score (nSPS) is 21.9. The van der Waals surface area contributed by atoms with E-state index in [4.69, 9.17) is 0 Å². The molecule has 2 aliphatic rings. The van der Waals surface area contributed by atoms with Crippen LogP contribution >= 0.6 is 0 Å². The third-order valence-electron chi connectivity index (χ3n) is 4.76. The van der Waals surface area contributed by atoms with Gasteiger partial charge in [0.2, 0.25) is 0 Å². The van der Waals surface area contributed by atoms with Crippen LogP contribution in [0.5, 0.6) is 5.75 Å². The molecule has 5 nitrogen and oxygen atoms in total. The second-order valence-electron chi connectivity index (χ2n) is 5.94. The van der Waals surface area contributed by atoms with Gasteiger partial charge in [-0.25, -0.2) is 0 Å². The number of para-hydroxylation sites is 2. The highest BCUT2D eigenvalue weighted by atomic mass is 16.3. The second kappa shape index (κ2) is 4.84. The van der Waals surface area contributed by atoms with Crippen LogP contribution in [0, 0.1) is 0 Å². The number of carbonyl (C=O) groups is 2. The first-order valence-corrected chi connectivity index (χ1v) is 7.65. The topological polar surface area (TPSA) is 69.6 Å². The molecule has 0 saturated carbocycles. The molecule has 1 saturated heterocycles. The summed E-state index contributed by atoms with van der Waals surface area (Å²) in [6.07, 6.45) is 1.38. The van der Waals surface area contributed by atoms with Gasteiger partial charge >= 0.3 is 0 Å². The second-order valence-corrected chi connectivity index (χ2v) is 5.94. The minimum Gasteiger partial charge on any atom is -0.506 e. The van der Waals surface area contributed by atoms with E-state index in [9.17, 15) is 14.7 Å². The monoisotopic (exact) mass is 308 g/mol. The standard InChI is InChI=1S/C18H16N2O3/c21-15-9-4-3-8-14(15)19-17(23)18-10-5-11-20(18)16(22)12-6-1-2-7-13(12)18/h1-4,6-9,21H,5,10-11H2,(H,19,23)/t18-/m0/s1. The van der Waals surface area contributed by atoms with Gasteiger partial charge in [-0.05, 0) is 36.6 Å². The zero-order chi connectivity index (χ0) is 16.0. The molecule has 0 radical (unpaired) electrons. The number of aromatic hydroxyl groups is 1. The van der Waals surface area contributed by atoms with Crippen LogP contribution in [0.1, 0.15) is 28.8 Å². The highest BCUT2D eigenvalue weighted by Crippen LogP contribution is 2.47. The Bertz CT molecular complexity index is 817.